The molecule has 21 heavy (non-hydrogen) atoms. The maximum atomic E-state index is 12.3. The lowest BCUT2D eigenvalue weighted by Crippen LogP contribution is -2.15. The predicted octanol–water partition coefficient (Wildman–Crippen LogP) is 4.07. The number of unbranched alkanes of at least 4 members (excludes halogenated alkanes) is 3. The molecule has 3 nitrogen and oxygen atoms in total. The van der Waals surface area contributed by atoms with Crippen LogP contribution in [0.4, 0.5) is 0 Å². The van der Waals surface area contributed by atoms with Crippen LogP contribution >= 0.6 is 0 Å². The summed E-state index contributed by atoms with van der Waals surface area (Å²) in [5.41, 5.74) is 1.17. The first-order chi connectivity index (χ1) is 10.2. The summed E-state index contributed by atoms with van der Waals surface area (Å²) in [6, 6.07) is 5.98. The number of hydrogen-bond donors (Lipinski definition) is 0. The lowest BCUT2D eigenvalue weighted by molar-refractivity contribution is 0.174. The molecule has 1 aromatic carbocycles. The van der Waals surface area contributed by atoms with Gasteiger partial charge in [0, 0.05) is 21.8 Å². The van der Waals surface area contributed by atoms with Crippen molar-refractivity contribution in [3.8, 4) is 11.5 Å². The molecule has 0 N–H and O–H groups in total. The normalized spacial score (nSPS) is 15.9. The third kappa shape index (κ3) is 5.03. The Morgan fingerprint density at radius 1 is 1.19 bits per heavy atom. The highest BCUT2D eigenvalue weighted by molar-refractivity contribution is 7.85. The molecule has 0 saturated heterocycles. The first-order valence-electron chi connectivity index (χ1n) is 7.96. The van der Waals surface area contributed by atoms with Gasteiger partial charge in [-0.15, -0.1) is 0 Å². The Hall–Kier alpha value is -1.03. The van der Waals surface area contributed by atoms with Crippen LogP contribution in [0.25, 0.3) is 0 Å². The highest BCUT2D eigenvalue weighted by Gasteiger charge is 2.15. The zero-order valence-corrected chi connectivity index (χ0v) is 13.9. The Balaban J connectivity index is 1.73. The van der Waals surface area contributed by atoms with Crippen molar-refractivity contribution in [2.24, 2.45) is 0 Å². The summed E-state index contributed by atoms with van der Waals surface area (Å²) in [5.74, 6) is 2.35. The van der Waals surface area contributed by atoms with Gasteiger partial charge in [0.05, 0.1) is 0 Å². The smallest absolute Gasteiger partial charge is 0.231 e. The van der Waals surface area contributed by atoms with E-state index in [1.807, 2.05) is 18.2 Å². The van der Waals surface area contributed by atoms with Crippen LogP contribution in [0.1, 0.15) is 51.5 Å². The average Bonchev–Trinajstić information content (AvgIpc) is 2.96. The molecule has 0 aromatic heterocycles. The highest BCUT2D eigenvalue weighted by Crippen LogP contribution is 2.32. The topological polar surface area (TPSA) is 35.5 Å². The minimum absolute atomic E-state index is 0.302. The molecule has 0 spiro atoms. The molecule has 2 unspecified atom stereocenters. The van der Waals surface area contributed by atoms with Gasteiger partial charge in [-0.3, -0.25) is 4.21 Å². The number of rotatable bonds is 9. The Morgan fingerprint density at radius 3 is 2.81 bits per heavy atom. The zero-order valence-electron chi connectivity index (χ0n) is 13.1. The van der Waals surface area contributed by atoms with Crippen molar-refractivity contribution in [1.29, 1.82) is 0 Å². The zero-order chi connectivity index (χ0) is 15.1. The van der Waals surface area contributed by atoms with E-state index in [9.17, 15) is 4.21 Å². The van der Waals surface area contributed by atoms with E-state index in [1.165, 1.54) is 31.2 Å². The minimum atomic E-state index is -0.741. The SMILES string of the molecule is CCCCCCC(C)S(=O)CCc1ccc2c(c1)OCO2. The fourth-order valence-electron chi connectivity index (χ4n) is 2.51. The van der Waals surface area contributed by atoms with Crippen LogP contribution in [0.2, 0.25) is 0 Å². The molecule has 1 aromatic rings. The second kappa shape index (κ2) is 8.42. The Kier molecular flexibility index (Phi) is 6.55. The van der Waals surface area contributed by atoms with Gasteiger partial charge in [-0.25, -0.2) is 0 Å². The Labute approximate surface area is 130 Å². The lowest BCUT2D eigenvalue weighted by atomic mass is 10.1. The molecule has 4 heteroatoms. The van der Waals surface area contributed by atoms with Crippen molar-refractivity contribution in [2.45, 2.75) is 57.6 Å². The van der Waals surface area contributed by atoms with Gasteiger partial charge in [-0.1, -0.05) is 45.6 Å². The molecular formula is C17H26O3S. The van der Waals surface area contributed by atoms with Gasteiger partial charge in [0.1, 0.15) is 0 Å². The number of fused-ring (bicyclic) bond motifs is 1. The maximum absolute atomic E-state index is 12.3. The first kappa shape index (κ1) is 16.3. The second-order valence-corrected chi connectivity index (χ2v) is 7.66. The molecule has 0 fully saturated rings. The van der Waals surface area contributed by atoms with E-state index >= 15 is 0 Å². The molecule has 0 amide bonds. The van der Waals surface area contributed by atoms with E-state index in [4.69, 9.17) is 9.47 Å². The summed E-state index contributed by atoms with van der Waals surface area (Å²) >= 11 is 0. The molecule has 0 radical (unpaired) electrons. The summed E-state index contributed by atoms with van der Waals surface area (Å²) in [7, 11) is -0.741. The van der Waals surface area contributed by atoms with E-state index in [-0.39, 0.29) is 0 Å². The van der Waals surface area contributed by atoms with Gasteiger partial charge in [0.2, 0.25) is 6.79 Å². The average molecular weight is 310 g/mol. The Bertz CT molecular complexity index is 473. The van der Waals surface area contributed by atoms with Gasteiger partial charge in [-0.2, -0.15) is 0 Å². The second-order valence-electron chi connectivity index (χ2n) is 5.68. The third-order valence-electron chi connectivity index (χ3n) is 3.94. The molecule has 0 saturated carbocycles. The van der Waals surface area contributed by atoms with Crippen LogP contribution in [-0.4, -0.2) is 22.0 Å². The molecule has 1 aliphatic rings. The number of benzene rings is 1. The number of ether oxygens (including phenoxy) is 2. The van der Waals surface area contributed by atoms with Crippen LogP contribution in [0.15, 0.2) is 18.2 Å². The fraction of sp³-hybridized carbons (Fsp3) is 0.647. The van der Waals surface area contributed by atoms with Gasteiger partial charge in [-0.05, 0) is 30.5 Å². The van der Waals surface area contributed by atoms with E-state index in [0.717, 1.165) is 30.1 Å². The molecule has 0 bridgehead atoms. The van der Waals surface area contributed by atoms with Crippen molar-refractivity contribution < 1.29 is 13.7 Å². The first-order valence-corrected chi connectivity index (χ1v) is 9.34. The molecule has 0 aliphatic carbocycles. The summed E-state index contributed by atoms with van der Waals surface area (Å²) in [4.78, 5) is 0. The van der Waals surface area contributed by atoms with Crippen LogP contribution in [0.3, 0.4) is 0 Å². The highest BCUT2D eigenvalue weighted by atomic mass is 32.2. The quantitative estimate of drug-likeness (QED) is 0.645. The van der Waals surface area contributed by atoms with E-state index < -0.39 is 10.8 Å². The molecule has 118 valence electrons. The van der Waals surface area contributed by atoms with Crippen molar-refractivity contribution in [3.63, 3.8) is 0 Å². The predicted molar refractivity (Wildman–Crippen MR) is 87.5 cm³/mol. The molecule has 1 aliphatic heterocycles. The van der Waals surface area contributed by atoms with E-state index in [0.29, 0.717) is 12.0 Å². The van der Waals surface area contributed by atoms with Crippen LogP contribution in [0, 0.1) is 0 Å². The standard InChI is InChI=1S/C17H26O3S/c1-3-4-5-6-7-14(2)21(18)11-10-15-8-9-16-17(12-15)20-13-19-16/h8-9,12,14H,3-7,10-11,13H2,1-2H3. The largest absolute Gasteiger partial charge is 0.454 e. The summed E-state index contributed by atoms with van der Waals surface area (Å²) < 4.78 is 22.9. The van der Waals surface area contributed by atoms with Crippen LogP contribution in [-0.2, 0) is 17.2 Å². The minimum Gasteiger partial charge on any atom is -0.454 e. The summed E-state index contributed by atoms with van der Waals surface area (Å²) in [6.45, 7) is 4.63. The number of aryl methyl sites for hydroxylation is 1. The van der Waals surface area contributed by atoms with Crippen LogP contribution < -0.4 is 9.47 Å². The fourth-order valence-corrected chi connectivity index (χ4v) is 3.77. The molecular weight excluding hydrogens is 284 g/mol. The van der Waals surface area contributed by atoms with Gasteiger partial charge in [0.15, 0.2) is 11.5 Å². The monoisotopic (exact) mass is 310 g/mol. The summed E-state index contributed by atoms with van der Waals surface area (Å²) in [5, 5.41) is 0.302. The van der Waals surface area contributed by atoms with Gasteiger partial charge in [0.25, 0.3) is 0 Å². The van der Waals surface area contributed by atoms with Crippen LogP contribution in [0.5, 0.6) is 11.5 Å². The van der Waals surface area contributed by atoms with Crippen molar-refractivity contribution in [2.75, 3.05) is 12.5 Å². The summed E-state index contributed by atoms with van der Waals surface area (Å²) in [6.07, 6.45) is 6.92. The van der Waals surface area contributed by atoms with Gasteiger partial charge >= 0.3 is 0 Å². The number of hydrogen-bond acceptors (Lipinski definition) is 3. The Morgan fingerprint density at radius 2 is 2.00 bits per heavy atom. The van der Waals surface area contributed by atoms with Crippen molar-refractivity contribution >= 4 is 10.8 Å². The lowest BCUT2D eigenvalue weighted by Gasteiger charge is -2.11. The molecule has 2 atom stereocenters. The maximum Gasteiger partial charge on any atom is 0.231 e. The van der Waals surface area contributed by atoms with Crippen molar-refractivity contribution in [1.82, 2.24) is 0 Å². The third-order valence-corrected chi connectivity index (χ3v) is 5.68. The van der Waals surface area contributed by atoms with Crippen molar-refractivity contribution in [3.05, 3.63) is 23.8 Å². The van der Waals surface area contributed by atoms with E-state index in [2.05, 4.69) is 13.8 Å². The van der Waals surface area contributed by atoms with E-state index in [1.54, 1.807) is 0 Å². The van der Waals surface area contributed by atoms with Gasteiger partial charge < -0.3 is 9.47 Å². The molecule has 1 heterocycles. The molecule has 2 rings (SSSR count).